The highest BCUT2D eigenvalue weighted by Crippen LogP contribution is 2.59. The van der Waals surface area contributed by atoms with Crippen LogP contribution in [-0.2, 0) is 16.1 Å². The van der Waals surface area contributed by atoms with Crippen molar-refractivity contribution in [2.75, 3.05) is 31.1 Å². The van der Waals surface area contributed by atoms with E-state index in [2.05, 4.69) is 66.8 Å². The van der Waals surface area contributed by atoms with E-state index in [-0.39, 0.29) is 53.0 Å². The van der Waals surface area contributed by atoms with E-state index in [0.29, 0.717) is 46.0 Å². The molecule has 0 aromatic heterocycles. The Balaban J connectivity index is 0.704. The molecule has 2 saturated carbocycles. The lowest BCUT2D eigenvalue weighted by molar-refractivity contribution is -0.199. The maximum absolute atomic E-state index is 14.0. The van der Waals surface area contributed by atoms with Crippen molar-refractivity contribution in [3.8, 4) is 23.7 Å². The molecule has 5 fully saturated rings. The first kappa shape index (κ1) is 40.4. The number of halogens is 1. The van der Waals surface area contributed by atoms with E-state index in [1.54, 1.807) is 30.3 Å². The molecule has 10 rings (SSSR count). The summed E-state index contributed by atoms with van der Waals surface area (Å²) < 4.78 is 6.49. The van der Waals surface area contributed by atoms with Crippen LogP contribution in [0.1, 0.15) is 114 Å². The average Bonchev–Trinajstić information content (AvgIpc) is 3.65. The zero-order chi connectivity index (χ0) is 43.5. The number of fused-ring (bicyclic) bond motifs is 2. The van der Waals surface area contributed by atoms with E-state index >= 15 is 0 Å². The van der Waals surface area contributed by atoms with Gasteiger partial charge in [0.15, 0.2) is 0 Å². The number of piperidine rings is 2. The van der Waals surface area contributed by atoms with Gasteiger partial charge >= 0.3 is 0 Å². The molecule has 0 bridgehead atoms. The van der Waals surface area contributed by atoms with E-state index in [1.165, 1.54) is 0 Å². The number of ether oxygens (including phenoxy) is 1. The maximum Gasteiger partial charge on any atom is 0.262 e. The van der Waals surface area contributed by atoms with Gasteiger partial charge in [0.05, 0.1) is 21.7 Å². The SMILES string of the molecule is CC1(C)C(Oc2ccc(C#N)c(Cl)c2)C(C)(C)C1N1Cc2ccc(C#CC3CCN(C4CC5(C4)CN(c4ccc6c(c4)C(=O)N(C4CCC(=O)NC4=O)C6=O)C5)CC3)cc2C1=O. The van der Waals surface area contributed by atoms with Gasteiger partial charge in [-0.25, -0.2) is 0 Å². The van der Waals surface area contributed by atoms with Crippen molar-refractivity contribution >= 4 is 46.8 Å². The number of amides is 5. The van der Waals surface area contributed by atoms with E-state index in [4.69, 9.17) is 16.3 Å². The van der Waals surface area contributed by atoms with Crippen LogP contribution in [0.5, 0.6) is 5.75 Å². The van der Waals surface area contributed by atoms with Crippen molar-refractivity contribution in [3.05, 3.63) is 93.0 Å². The Morgan fingerprint density at radius 3 is 2.24 bits per heavy atom. The minimum Gasteiger partial charge on any atom is -0.489 e. The fourth-order valence-corrected chi connectivity index (χ4v) is 12.5. The topological polar surface area (TPSA) is 143 Å². The number of carbonyl (C=O) groups excluding carboxylic acids is 5. The summed E-state index contributed by atoms with van der Waals surface area (Å²) in [4.78, 5) is 72.5. The number of rotatable bonds is 6. The number of nitrogens with one attached hydrogen (secondary N) is 1. The summed E-state index contributed by atoms with van der Waals surface area (Å²) in [6.45, 7) is 13.0. The van der Waals surface area contributed by atoms with Gasteiger partial charge < -0.3 is 19.4 Å². The van der Waals surface area contributed by atoms with Crippen LogP contribution in [0.2, 0.25) is 5.02 Å². The summed E-state index contributed by atoms with van der Waals surface area (Å²) in [5, 5.41) is 11.9. The third-order valence-corrected chi connectivity index (χ3v) is 15.3. The van der Waals surface area contributed by atoms with Gasteiger partial charge in [-0.15, -0.1) is 0 Å². The fourth-order valence-electron chi connectivity index (χ4n) is 12.3. The second kappa shape index (κ2) is 14.4. The number of likely N-dealkylation sites (tertiary alicyclic amines) is 1. The van der Waals surface area contributed by atoms with Crippen molar-refractivity contribution < 1.29 is 28.7 Å². The van der Waals surface area contributed by atoms with Crippen LogP contribution in [0.3, 0.4) is 0 Å². The molecule has 1 spiro atoms. The van der Waals surface area contributed by atoms with Crippen molar-refractivity contribution in [1.82, 2.24) is 20.0 Å². The number of nitriles is 1. The second-order valence-corrected chi connectivity index (χ2v) is 20.2. The van der Waals surface area contributed by atoms with Gasteiger partial charge in [0.25, 0.3) is 17.7 Å². The molecule has 2 aliphatic carbocycles. The van der Waals surface area contributed by atoms with Crippen molar-refractivity contribution in [2.45, 2.75) is 97.0 Å². The maximum atomic E-state index is 14.0. The third-order valence-electron chi connectivity index (χ3n) is 15.0. The summed E-state index contributed by atoms with van der Waals surface area (Å²) in [7, 11) is 0. The van der Waals surface area contributed by atoms with Gasteiger partial charge in [-0.1, -0.05) is 57.2 Å². The highest BCUT2D eigenvalue weighted by atomic mass is 35.5. The van der Waals surface area contributed by atoms with Gasteiger partial charge in [-0.3, -0.25) is 34.2 Å². The van der Waals surface area contributed by atoms with Crippen LogP contribution in [0, 0.1) is 45.3 Å². The molecule has 3 saturated heterocycles. The van der Waals surface area contributed by atoms with E-state index in [0.717, 1.165) is 79.1 Å². The lowest BCUT2D eigenvalue weighted by atomic mass is 9.49. The van der Waals surface area contributed by atoms with Crippen LogP contribution < -0.4 is 15.0 Å². The average molecular weight is 853 g/mol. The predicted molar refractivity (Wildman–Crippen MR) is 230 cm³/mol. The predicted octanol–water partition coefficient (Wildman–Crippen LogP) is 6.18. The summed E-state index contributed by atoms with van der Waals surface area (Å²) in [6, 6.07) is 18.2. The lowest BCUT2D eigenvalue weighted by Gasteiger charge is -2.65. The molecule has 12 nitrogen and oxygen atoms in total. The monoisotopic (exact) mass is 852 g/mol. The standard InChI is InChI=1S/C49H49ClN6O6/c1-47(2)45(48(3,4)46(47)62-34-11-9-30(24-51)38(50)21-34)55-25-31-8-7-29(19-36(31)42(55)59)6-5-28-15-17-53(18-16-28)33-22-49(23-33)26-54(27-49)32-10-12-35-37(20-32)44(61)56(43(35)60)39-13-14-40(57)52-41(39)58/h7-12,19-21,28,33,39,45-46H,13-18,22-23,25-27H2,1-4H3,(H,52,57,58). The first-order valence-corrected chi connectivity index (χ1v) is 22.1. The van der Waals surface area contributed by atoms with Crippen LogP contribution in [0.15, 0.2) is 54.6 Å². The molecule has 5 amide bonds. The largest absolute Gasteiger partial charge is 0.489 e. The normalized spacial score (nSPS) is 26.2. The zero-order valence-corrected chi connectivity index (χ0v) is 36.2. The van der Waals surface area contributed by atoms with Crippen molar-refractivity contribution in [2.24, 2.45) is 22.2 Å². The van der Waals surface area contributed by atoms with E-state index < -0.39 is 23.8 Å². The van der Waals surface area contributed by atoms with Crippen LogP contribution in [-0.4, -0.2) is 94.6 Å². The van der Waals surface area contributed by atoms with Crippen LogP contribution in [0.4, 0.5) is 5.69 Å². The molecular weight excluding hydrogens is 804 g/mol. The molecular formula is C49H49ClN6O6. The molecule has 318 valence electrons. The van der Waals surface area contributed by atoms with Crippen molar-refractivity contribution in [3.63, 3.8) is 0 Å². The Kier molecular flexibility index (Phi) is 9.40. The minimum atomic E-state index is -0.969. The smallest absolute Gasteiger partial charge is 0.262 e. The molecule has 3 aromatic carbocycles. The molecule has 1 atom stereocenters. The number of hydrogen-bond acceptors (Lipinski definition) is 9. The molecule has 3 aromatic rings. The Labute approximate surface area is 366 Å². The highest BCUT2D eigenvalue weighted by molar-refractivity contribution is 6.31. The second-order valence-electron chi connectivity index (χ2n) is 19.8. The molecule has 13 heteroatoms. The van der Waals surface area contributed by atoms with Gasteiger partial charge in [0, 0.05) is 83.2 Å². The quantitative estimate of drug-likeness (QED) is 0.227. The van der Waals surface area contributed by atoms with Crippen LogP contribution in [0.25, 0.3) is 0 Å². The number of benzene rings is 3. The summed E-state index contributed by atoms with van der Waals surface area (Å²) in [5.74, 6) is 5.95. The Hall–Kier alpha value is -5.69. The molecule has 1 unspecified atom stereocenters. The molecule has 62 heavy (non-hydrogen) atoms. The van der Waals surface area contributed by atoms with E-state index in [1.807, 2.05) is 23.1 Å². The van der Waals surface area contributed by atoms with Gasteiger partial charge in [0.2, 0.25) is 11.8 Å². The van der Waals surface area contributed by atoms with Gasteiger partial charge in [0.1, 0.15) is 24.0 Å². The summed E-state index contributed by atoms with van der Waals surface area (Å²) in [6.07, 6.45) is 4.37. The number of carbonyl (C=O) groups is 5. The molecule has 5 heterocycles. The molecule has 7 aliphatic rings. The Morgan fingerprint density at radius 1 is 0.823 bits per heavy atom. The molecule has 1 N–H and O–H groups in total. The number of imide groups is 2. The Bertz CT molecular complexity index is 2570. The number of nitrogens with zero attached hydrogens (tertiary/aromatic N) is 5. The van der Waals surface area contributed by atoms with E-state index in [9.17, 15) is 29.2 Å². The lowest BCUT2D eigenvalue weighted by Crippen LogP contribution is -2.74. The third kappa shape index (κ3) is 6.40. The fraction of sp³-hybridized carbons (Fsp3) is 0.469. The first-order valence-electron chi connectivity index (χ1n) is 21.7. The summed E-state index contributed by atoms with van der Waals surface area (Å²) in [5.41, 5.74) is 4.15. The van der Waals surface area contributed by atoms with Crippen molar-refractivity contribution in [1.29, 1.82) is 5.26 Å². The minimum absolute atomic E-state index is 0.0352. The van der Waals surface area contributed by atoms with Gasteiger partial charge in [-0.05, 0) is 93.2 Å². The number of anilines is 1. The first-order chi connectivity index (χ1) is 29.6. The van der Waals surface area contributed by atoms with Crippen LogP contribution >= 0.6 is 11.6 Å². The molecule has 5 aliphatic heterocycles. The number of hydrogen-bond donors (Lipinski definition) is 1. The zero-order valence-electron chi connectivity index (χ0n) is 35.4. The summed E-state index contributed by atoms with van der Waals surface area (Å²) >= 11 is 6.30. The Morgan fingerprint density at radius 2 is 1.55 bits per heavy atom. The van der Waals surface area contributed by atoms with Gasteiger partial charge in [-0.2, -0.15) is 5.26 Å². The highest BCUT2D eigenvalue weighted by Gasteiger charge is 2.67. The molecule has 0 radical (unpaired) electrons.